The Balaban J connectivity index is 1.60. The molecule has 0 bridgehead atoms. The Labute approximate surface area is 175 Å². The molecule has 30 heavy (non-hydrogen) atoms. The molecule has 0 aliphatic carbocycles. The molecule has 0 saturated heterocycles. The summed E-state index contributed by atoms with van der Waals surface area (Å²) in [6.07, 6.45) is -0.448. The first kappa shape index (κ1) is 22.0. The van der Waals surface area contributed by atoms with Crippen LogP contribution in [0, 0.1) is 5.82 Å². The fraction of sp³-hybridized carbons (Fsp3) is 0.217. The molecule has 0 amide bonds. The van der Waals surface area contributed by atoms with Gasteiger partial charge in [0.15, 0.2) is 11.6 Å². The molecule has 5 nitrogen and oxygen atoms in total. The lowest BCUT2D eigenvalue weighted by molar-refractivity contribution is -0.0493. The van der Waals surface area contributed by atoms with Gasteiger partial charge in [-0.25, -0.2) is 4.39 Å². The third-order valence-electron chi connectivity index (χ3n) is 4.44. The number of rotatable bonds is 11. The number of halogens is 1. The fourth-order valence-electron chi connectivity index (χ4n) is 2.84. The molecule has 0 saturated carbocycles. The average molecular weight is 410 g/mol. The number of hydrogen-bond donors (Lipinski definition) is 2. The van der Waals surface area contributed by atoms with E-state index >= 15 is 0 Å². The van der Waals surface area contributed by atoms with Crippen LogP contribution in [0.3, 0.4) is 0 Å². The Morgan fingerprint density at radius 2 is 1.40 bits per heavy atom. The van der Waals surface area contributed by atoms with Crippen LogP contribution < -0.4 is 10.2 Å². The summed E-state index contributed by atoms with van der Waals surface area (Å²) < 4.78 is 31.7. The third-order valence-corrected chi connectivity index (χ3v) is 4.44. The molecule has 156 valence electrons. The van der Waals surface area contributed by atoms with Gasteiger partial charge in [-0.1, -0.05) is 72.8 Å². The van der Waals surface area contributed by atoms with Gasteiger partial charge in [-0.2, -0.15) is 0 Å². The van der Waals surface area contributed by atoms with E-state index in [1.807, 2.05) is 60.7 Å². The largest absolute Gasteiger partial charge is 0.491 e. The number of hydrogen-bond acceptors (Lipinski definition) is 5. The van der Waals surface area contributed by atoms with Gasteiger partial charge in [0.05, 0.1) is 19.8 Å². The van der Waals surface area contributed by atoms with Crippen molar-refractivity contribution in [1.82, 2.24) is 0 Å². The van der Waals surface area contributed by atoms with Gasteiger partial charge in [-0.05, 0) is 17.2 Å². The molecule has 2 N–H and O–H groups in total. The van der Waals surface area contributed by atoms with E-state index in [1.165, 1.54) is 18.2 Å². The van der Waals surface area contributed by atoms with Crippen LogP contribution in [0.2, 0.25) is 0 Å². The van der Waals surface area contributed by atoms with Crippen molar-refractivity contribution in [3.05, 3.63) is 95.8 Å². The van der Waals surface area contributed by atoms with Crippen LogP contribution >= 0.6 is 0 Å². The first-order valence-electron chi connectivity index (χ1n) is 9.68. The minimum atomic E-state index is -1.91. The molecule has 0 fully saturated rings. The highest BCUT2D eigenvalue weighted by atomic mass is 19.1. The predicted molar refractivity (Wildman–Crippen MR) is 113 cm³/mol. The van der Waals surface area contributed by atoms with Crippen molar-refractivity contribution >= 4 is 12.6 Å². The van der Waals surface area contributed by atoms with Crippen molar-refractivity contribution in [2.75, 3.05) is 13.2 Å². The fourth-order valence-corrected chi connectivity index (χ4v) is 2.84. The summed E-state index contributed by atoms with van der Waals surface area (Å²) in [5.41, 5.74) is 1.80. The van der Waals surface area contributed by atoms with Gasteiger partial charge in [0.2, 0.25) is 0 Å². The van der Waals surface area contributed by atoms with Crippen LogP contribution in [-0.2, 0) is 22.7 Å². The quantitative estimate of drug-likeness (QED) is 0.476. The normalized spacial score (nSPS) is 11.8. The lowest BCUT2D eigenvalue weighted by Gasteiger charge is -2.19. The van der Waals surface area contributed by atoms with Gasteiger partial charge in [0, 0.05) is 5.46 Å². The van der Waals surface area contributed by atoms with Crippen molar-refractivity contribution in [1.29, 1.82) is 0 Å². The molecule has 0 aliphatic rings. The highest BCUT2D eigenvalue weighted by Crippen LogP contribution is 2.16. The van der Waals surface area contributed by atoms with Crippen molar-refractivity contribution in [3.8, 4) is 5.75 Å². The molecule has 1 atom stereocenters. The summed E-state index contributed by atoms with van der Waals surface area (Å²) in [7, 11) is -1.91. The van der Waals surface area contributed by atoms with Crippen LogP contribution in [0.15, 0.2) is 78.9 Å². The summed E-state index contributed by atoms with van der Waals surface area (Å²) in [6, 6.07) is 23.7. The SMILES string of the molecule is OB(O)c1cccc(OCC(COCc2ccccc2)OCc2ccccc2)c1F. The minimum absolute atomic E-state index is 0.0452. The first-order chi connectivity index (χ1) is 14.6. The van der Waals surface area contributed by atoms with E-state index in [0.717, 1.165) is 11.1 Å². The molecular weight excluding hydrogens is 386 g/mol. The maximum absolute atomic E-state index is 14.4. The summed E-state index contributed by atoms with van der Waals surface area (Å²) in [4.78, 5) is 0. The van der Waals surface area contributed by atoms with Crippen LogP contribution in [-0.4, -0.2) is 36.5 Å². The van der Waals surface area contributed by atoms with Gasteiger partial charge >= 0.3 is 7.12 Å². The molecule has 0 aromatic heterocycles. The van der Waals surface area contributed by atoms with Crippen molar-refractivity contribution in [2.45, 2.75) is 19.3 Å². The van der Waals surface area contributed by atoms with Gasteiger partial charge in [-0.3, -0.25) is 0 Å². The van der Waals surface area contributed by atoms with Gasteiger partial charge in [0.1, 0.15) is 12.7 Å². The Hall–Kier alpha value is -2.71. The smallest absolute Gasteiger partial charge is 0.488 e. The van der Waals surface area contributed by atoms with E-state index < -0.39 is 19.0 Å². The van der Waals surface area contributed by atoms with E-state index in [4.69, 9.17) is 14.2 Å². The van der Waals surface area contributed by atoms with E-state index in [9.17, 15) is 14.4 Å². The van der Waals surface area contributed by atoms with Crippen LogP contribution in [0.4, 0.5) is 4.39 Å². The maximum Gasteiger partial charge on any atom is 0.491 e. The molecule has 7 heteroatoms. The average Bonchev–Trinajstić information content (AvgIpc) is 2.77. The maximum atomic E-state index is 14.4. The minimum Gasteiger partial charge on any atom is -0.488 e. The van der Waals surface area contributed by atoms with Gasteiger partial charge < -0.3 is 24.3 Å². The van der Waals surface area contributed by atoms with Crippen molar-refractivity contribution in [3.63, 3.8) is 0 Å². The summed E-state index contributed by atoms with van der Waals surface area (Å²) in [5.74, 6) is -0.878. The van der Waals surface area contributed by atoms with Crippen LogP contribution in [0.25, 0.3) is 0 Å². The number of ether oxygens (including phenoxy) is 3. The van der Waals surface area contributed by atoms with E-state index in [-0.39, 0.29) is 24.4 Å². The van der Waals surface area contributed by atoms with Gasteiger partial charge in [-0.15, -0.1) is 0 Å². The summed E-state index contributed by atoms with van der Waals surface area (Å²) in [5, 5.41) is 18.5. The molecular formula is C23H24BFO5. The van der Waals surface area contributed by atoms with E-state index in [1.54, 1.807) is 0 Å². The third kappa shape index (κ3) is 6.67. The van der Waals surface area contributed by atoms with Crippen molar-refractivity contribution in [2.24, 2.45) is 0 Å². The molecule has 0 aliphatic heterocycles. The predicted octanol–water partition coefficient (Wildman–Crippen LogP) is 2.69. The second kappa shape index (κ2) is 11.5. The zero-order chi connectivity index (χ0) is 21.2. The molecule has 1 unspecified atom stereocenters. The molecule has 3 rings (SSSR count). The lowest BCUT2D eigenvalue weighted by Crippen LogP contribution is -2.33. The second-order valence-corrected chi connectivity index (χ2v) is 6.76. The summed E-state index contributed by atoms with van der Waals surface area (Å²) >= 11 is 0. The zero-order valence-electron chi connectivity index (χ0n) is 16.5. The van der Waals surface area contributed by atoms with Crippen LogP contribution in [0.1, 0.15) is 11.1 Å². The number of benzene rings is 3. The highest BCUT2D eigenvalue weighted by Gasteiger charge is 2.20. The Bertz CT molecular complexity index is 893. The molecule has 0 radical (unpaired) electrons. The molecule has 0 spiro atoms. The lowest BCUT2D eigenvalue weighted by atomic mass is 9.80. The summed E-state index contributed by atoms with van der Waals surface area (Å²) in [6.45, 7) is 1.09. The standard InChI is InChI=1S/C23H24BFO5/c25-23-21(24(26)27)12-7-13-22(23)30-17-20(29-15-19-10-5-2-6-11-19)16-28-14-18-8-3-1-4-9-18/h1-13,20,26-27H,14-17H2. The zero-order valence-corrected chi connectivity index (χ0v) is 16.5. The van der Waals surface area contributed by atoms with Crippen LogP contribution in [0.5, 0.6) is 5.75 Å². The first-order valence-corrected chi connectivity index (χ1v) is 9.68. The van der Waals surface area contributed by atoms with Gasteiger partial charge in [0.25, 0.3) is 0 Å². The Morgan fingerprint density at radius 1 is 0.767 bits per heavy atom. The Kier molecular flexibility index (Phi) is 8.41. The highest BCUT2D eigenvalue weighted by molar-refractivity contribution is 6.58. The Morgan fingerprint density at radius 3 is 2.03 bits per heavy atom. The van der Waals surface area contributed by atoms with Crippen molar-refractivity contribution < 1.29 is 28.6 Å². The second-order valence-electron chi connectivity index (χ2n) is 6.76. The van der Waals surface area contributed by atoms with E-state index in [0.29, 0.717) is 13.2 Å². The molecule has 0 heterocycles. The molecule has 3 aromatic carbocycles. The van der Waals surface area contributed by atoms with E-state index in [2.05, 4.69) is 0 Å². The monoisotopic (exact) mass is 410 g/mol. The topological polar surface area (TPSA) is 68.2 Å². The molecule has 3 aromatic rings.